The smallest absolute Gasteiger partial charge is 0.326 e. The molecule has 0 spiro atoms. The van der Waals surface area contributed by atoms with Gasteiger partial charge in [-0.15, -0.1) is 0 Å². The van der Waals surface area contributed by atoms with Crippen LogP contribution in [0, 0.1) is 5.92 Å². The molecule has 1 aromatic heterocycles. The van der Waals surface area contributed by atoms with Crippen molar-refractivity contribution in [2.75, 3.05) is 0 Å². The van der Waals surface area contributed by atoms with Crippen LogP contribution >= 0.6 is 0 Å². The second kappa shape index (κ2) is 6.94. The molecule has 2 rings (SSSR count). The summed E-state index contributed by atoms with van der Waals surface area (Å²) in [5, 5.41) is 16.2. The Morgan fingerprint density at radius 1 is 1.45 bits per heavy atom. The lowest BCUT2D eigenvalue weighted by Crippen LogP contribution is -2.41. The summed E-state index contributed by atoms with van der Waals surface area (Å²) >= 11 is 0. The van der Waals surface area contributed by atoms with E-state index in [4.69, 9.17) is 0 Å². The van der Waals surface area contributed by atoms with Gasteiger partial charge in [-0.05, 0) is 31.6 Å². The van der Waals surface area contributed by atoms with E-state index in [2.05, 4.69) is 17.3 Å². The van der Waals surface area contributed by atoms with E-state index in [9.17, 15) is 14.7 Å². The SMILES string of the molecule is CCCn1ncc(C(=O)N[C@H](CC(C)C)C(=O)O)c1C1CC1. The van der Waals surface area contributed by atoms with E-state index < -0.39 is 12.0 Å². The first-order chi connectivity index (χ1) is 10.4. The van der Waals surface area contributed by atoms with Gasteiger partial charge in [-0.2, -0.15) is 5.10 Å². The summed E-state index contributed by atoms with van der Waals surface area (Å²) in [6.07, 6.45) is 5.09. The average molecular weight is 307 g/mol. The second-order valence-electron chi connectivity index (χ2n) is 6.43. The number of hydrogen-bond donors (Lipinski definition) is 2. The van der Waals surface area contributed by atoms with Crippen LogP contribution in [0.3, 0.4) is 0 Å². The molecule has 2 N–H and O–H groups in total. The van der Waals surface area contributed by atoms with Crippen LogP contribution in [0.25, 0.3) is 0 Å². The van der Waals surface area contributed by atoms with Gasteiger partial charge in [-0.3, -0.25) is 9.48 Å². The van der Waals surface area contributed by atoms with E-state index >= 15 is 0 Å². The average Bonchev–Trinajstić information content (AvgIpc) is 3.18. The summed E-state index contributed by atoms with van der Waals surface area (Å²) in [5.74, 6) is -0.719. The third-order valence-corrected chi connectivity index (χ3v) is 3.83. The molecule has 0 bridgehead atoms. The Bertz CT molecular complexity index is 547. The first-order valence-electron chi connectivity index (χ1n) is 8.03. The van der Waals surface area contributed by atoms with Gasteiger partial charge in [0.2, 0.25) is 0 Å². The van der Waals surface area contributed by atoms with Gasteiger partial charge in [-0.1, -0.05) is 20.8 Å². The number of rotatable bonds is 8. The Hall–Kier alpha value is -1.85. The predicted octanol–water partition coefficient (Wildman–Crippen LogP) is 2.40. The largest absolute Gasteiger partial charge is 0.480 e. The van der Waals surface area contributed by atoms with Crippen LogP contribution < -0.4 is 5.32 Å². The van der Waals surface area contributed by atoms with E-state index in [1.165, 1.54) is 0 Å². The minimum Gasteiger partial charge on any atom is -0.480 e. The summed E-state index contributed by atoms with van der Waals surface area (Å²) in [6, 6.07) is -0.853. The fourth-order valence-electron chi connectivity index (χ4n) is 2.68. The third-order valence-electron chi connectivity index (χ3n) is 3.83. The van der Waals surface area contributed by atoms with Gasteiger partial charge in [0.25, 0.3) is 5.91 Å². The van der Waals surface area contributed by atoms with Crippen molar-refractivity contribution in [2.24, 2.45) is 5.92 Å². The number of nitrogens with one attached hydrogen (secondary N) is 1. The Kier molecular flexibility index (Phi) is 5.21. The lowest BCUT2D eigenvalue weighted by molar-refractivity contribution is -0.139. The van der Waals surface area contributed by atoms with Crippen molar-refractivity contribution >= 4 is 11.9 Å². The maximum absolute atomic E-state index is 12.5. The molecule has 1 saturated carbocycles. The molecular weight excluding hydrogens is 282 g/mol. The topological polar surface area (TPSA) is 84.2 Å². The standard InChI is InChI=1S/C16H25N3O3/c1-4-7-19-14(11-5-6-11)12(9-17-19)15(20)18-13(16(21)22)8-10(2)3/h9-11,13H,4-8H2,1-3H3,(H,18,20)(H,21,22)/t13-/m1/s1. The molecule has 1 aliphatic carbocycles. The monoisotopic (exact) mass is 307 g/mol. The summed E-state index contributed by atoms with van der Waals surface area (Å²) < 4.78 is 1.89. The van der Waals surface area contributed by atoms with Crippen LogP contribution in [0.1, 0.15) is 68.4 Å². The van der Waals surface area contributed by atoms with Gasteiger partial charge in [-0.25, -0.2) is 4.79 Å². The summed E-state index contributed by atoms with van der Waals surface area (Å²) in [6.45, 7) is 6.74. The number of carbonyl (C=O) groups excluding carboxylic acids is 1. The van der Waals surface area contributed by atoms with Crippen LogP contribution in [0.5, 0.6) is 0 Å². The molecular formula is C16H25N3O3. The van der Waals surface area contributed by atoms with Gasteiger partial charge in [0, 0.05) is 12.5 Å². The highest BCUT2D eigenvalue weighted by atomic mass is 16.4. The molecule has 1 amide bonds. The fraction of sp³-hybridized carbons (Fsp3) is 0.688. The number of carboxylic acids is 1. The number of carboxylic acid groups (broad SMARTS) is 1. The maximum Gasteiger partial charge on any atom is 0.326 e. The minimum absolute atomic E-state index is 0.201. The molecule has 0 aromatic carbocycles. The number of aryl methyl sites for hydroxylation is 1. The van der Waals surface area contributed by atoms with Gasteiger partial charge in [0.05, 0.1) is 17.5 Å². The summed E-state index contributed by atoms with van der Waals surface area (Å²) in [7, 11) is 0. The first-order valence-corrected chi connectivity index (χ1v) is 8.03. The normalized spacial score (nSPS) is 15.8. The van der Waals surface area contributed by atoms with Crippen LogP contribution in [-0.2, 0) is 11.3 Å². The van der Waals surface area contributed by atoms with Crippen molar-refractivity contribution in [1.29, 1.82) is 0 Å². The molecule has 1 fully saturated rings. The quantitative estimate of drug-likeness (QED) is 0.772. The fourth-order valence-corrected chi connectivity index (χ4v) is 2.68. The zero-order chi connectivity index (χ0) is 16.3. The second-order valence-corrected chi connectivity index (χ2v) is 6.43. The maximum atomic E-state index is 12.5. The zero-order valence-corrected chi connectivity index (χ0v) is 13.5. The highest BCUT2D eigenvalue weighted by Crippen LogP contribution is 2.41. The Labute approximate surface area is 130 Å². The summed E-state index contributed by atoms with van der Waals surface area (Å²) in [5.41, 5.74) is 1.50. The molecule has 122 valence electrons. The number of amides is 1. The van der Waals surface area contributed by atoms with Crippen LogP contribution in [0.4, 0.5) is 0 Å². The molecule has 0 aliphatic heterocycles. The van der Waals surface area contributed by atoms with Crippen molar-refractivity contribution in [3.05, 3.63) is 17.5 Å². The summed E-state index contributed by atoms with van der Waals surface area (Å²) in [4.78, 5) is 23.8. The molecule has 1 aliphatic rings. The molecule has 1 aromatic rings. The Morgan fingerprint density at radius 2 is 2.14 bits per heavy atom. The Balaban J connectivity index is 2.16. The van der Waals surface area contributed by atoms with Crippen molar-refractivity contribution in [1.82, 2.24) is 15.1 Å². The lowest BCUT2D eigenvalue weighted by atomic mass is 10.0. The van der Waals surface area contributed by atoms with Crippen molar-refractivity contribution in [2.45, 2.75) is 65.0 Å². The zero-order valence-electron chi connectivity index (χ0n) is 13.5. The number of hydrogen-bond acceptors (Lipinski definition) is 3. The minimum atomic E-state index is -0.990. The van der Waals surface area contributed by atoms with Gasteiger partial charge in [0.15, 0.2) is 0 Å². The predicted molar refractivity (Wildman–Crippen MR) is 82.8 cm³/mol. The van der Waals surface area contributed by atoms with Crippen molar-refractivity contribution < 1.29 is 14.7 Å². The van der Waals surface area contributed by atoms with Crippen molar-refractivity contribution in [3.63, 3.8) is 0 Å². The molecule has 1 atom stereocenters. The van der Waals surface area contributed by atoms with Crippen LogP contribution in [-0.4, -0.2) is 32.8 Å². The highest BCUT2D eigenvalue weighted by Gasteiger charge is 2.33. The number of nitrogens with zero attached hydrogens (tertiary/aromatic N) is 2. The molecule has 0 radical (unpaired) electrons. The van der Waals surface area contributed by atoms with Crippen LogP contribution in [0.2, 0.25) is 0 Å². The molecule has 6 heteroatoms. The van der Waals surface area contributed by atoms with Crippen LogP contribution in [0.15, 0.2) is 6.20 Å². The van der Waals surface area contributed by atoms with Gasteiger partial charge >= 0.3 is 5.97 Å². The molecule has 0 saturated heterocycles. The number of aromatic nitrogens is 2. The molecule has 22 heavy (non-hydrogen) atoms. The highest BCUT2D eigenvalue weighted by molar-refractivity contribution is 5.97. The van der Waals surface area contributed by atoms with Gasteiger partial charge < -0.3 is 10.4 Å². The van der Waals surface area contributed by atoms with Gasteiger partial charge in [0.1, 0.15) is 6.04 Å². The molecule has 6 nitrogen and oxygen atoms in total. The lowest BCUT2D eigenvalue weighted by Gasteiger charge is -2.16. The Morgan fingerprint density at radius 3 is 2.64 bits per heavy atom. The van der Waals surface area contributed by atoms with E-state index in [0.29, 0.717) is 17.9 Å². The van der Waals surface area contributed by atoms with Crippen molar-refractivity contribution in [3.8, 4) is 0 Å². The van der Waals surface area contributed by atoms with E-state index in [0.717, 1.165) is 31.5 Å². The third kappa shape index (κ3) is 3.87. The van der Waals surface area contributed by atoms with E-state index in [1.807, 2.05) is 18.5 Å². The molecule has 1 heterocycles. The van der Waals surface area contributed by atoms with E-state index in [-0.39, 0.29) is 11.8 Å². The number of carbonyl (C=O) groups is 2. The van der Waals surface area contributed by atoms with E-state index in [1.54, 1.807) is 6.20 Å². The molecule has 0 unspecified atom stereocenters. The number of aliphatic carboxylic acids is 1. The first kappa shape index (κ1) is 16.5.